The van der Waals surface area contributed by atoms with Gasteiger partial charge < -0.3 is 10.0 Å². The van der Waals surface area contributed by atoms with Crippen molar-refractivity contribution in [1.82, 2.24) is 4.90 Å². The van der Waals surface area contributed by atoms with Crippen molar-refractivity contribution in [2.75, 3.05) is 13.6 Å². The third-order valence-corrected chi connectivity index (χ3v) is 2.50. The van der Waals surface area contributed by atoms with Gasteiger partial charge in [0.1, 0.15) is 0 Å². The molecule has 0 radical (unpaired) electrons. The summed E-state index contributed by atoms with van der Waals surface area (Å²) in [6.07, 6.45) is 2.93. The molecular formula is C14H14N2O3. The average Bonchev–Trinajstić information content (AvgIpc) is 2.42. The summed E-state index contributed by atoms with van der Waals surface area (Å²) in [6.45, 7) is 0.172. The highest BCUT2D eigenvalue weighted by atomic mass is 16.4. The minimum Gasteiger partial charge on any atom is -0.481 e. The minimum atomic E-state index is -0.935. The molecule has 0 saturated carbocycles. The third-order valence-electron chi connectivity index (χ3n) is 2.50. The second-order valence-electron chi connectivity index (χ2n) is 3.97. The fraction of sp³-hybridized carbons (Fsp3) is 0.214. The molecule has 1 aromatic rings. The van der Waals surface area contributed by atoms with E-state index in [9.17, 15) is 9.59 Å². The van der Waals surface area contributed by atoms with E-state index in [2.05, 4.69) is 0 Å². The number of aliphatic carboxylic acids is 1. The Balaban J connectivity index is 2.57. The number of nitriles is 1. The van der Waals surface area contributed by atoms with Gasteiger partial charge in [-0.05, 0) is 23.8 Å². The van der Waals surface area contributed by atoms with Gasteiger partial charge >= 0.3 is 5.97 Å². The molecule has 0 heterocycles. The van der Waals surface area contributed by atoms with E-state index in [-0.39, 0.29) is 18.9 Å². The van der Waals surface area contributed by atoms with Gasteiger partial charge in [-0.3, -0.25) is 9.59 Å². The summed E-state index contributed by atoms with van der Waals surface area (Å²) in [5.74, 6) is -1.19. The molecule has 19 heavy (non-hydrogen) atoms. The molecule has 1 aromatic carbocycles. The van der Waals surface area contributed by atoms with E-state index in [0.29, 0.717) is 5.56 Å². The van der Waals surface area contributed by atoms with Crippen LogP contribution in [-0.4, -0.2) is 35.5 Å². The van der Waals surface area contributed by atoms with Crippen molar-refractivity contribution in [3.8, 4) is 6.07 Å². The van der Waals surface area contributed by atoms with Crippen LogP contribution in [0.25, 0.3) is 6.08 Å². The van der Waals surface area contributed by atoms with Crippen molar-refractivity contribution in [3.63, 3.8) is 0 Å². The van der Waals surface area contributed by atoms with E-state index in [1.54, 1.807) is 37.4 Å². The summed E-state index contributed by atoms with van der Waals surface area (Å²) in [6, 6.07) is 8.81. The van der Waals surface area contributed by atoms with Gasteiger partial charge in [0.05, 0.1) is 18.1 Å². The van der Waals surface area contributed by atoms with Crippen LogP contribution in [0.4, 0.5) is 0 Å². The highest BCUT2D eigenvalue weighted by molar-refractivity contribution is 5.91. The van der Waals surface area contributed by atoms with Gasteiger partial charge in [-0.1, -0.05) is 12.1 Å². The van der Waals surface area contributed by atoms with E-state index >= 15 is 0 Å². The van der Waals surface area contributed by atoms with E-state index in [4.69, 9.17) is 10.4 Å². The summed E-state index contributed by atoms with van der Waals surface area (Å²) < 4.78 is 0. The largest absolute Gasteiger partial charge is 0.481 e. The van der Waals surface area contributed by atoms with Gasteiger partial charge in [0.25, 0.3) is 0 Å². The lowest BCUT2D eigenvalue weighted by molar-refractivity contribution is -0.137. The molecule has 5 nitrogen and oxygen atoms in total. The van der Waals surface area contributed by atoms with Gasteiger partial charge in [-0.15, -0.1) is 0 Å². The number of hydrogen-bond acceptors (Lipinski definition) is 3. The zero-order valence-electron chi connectivity index (χ0n) is 10.5. The fourth-order valence-corrected chi connectivity index (χ4v) is 1.34. The number of amides is 1. The van der Waals surface area contributed by atoms with Crippen LogP contribution in [-0.2, 0) is 9.59 Å². The summed E-state index contributed by atoms with van der Waals surface area (Å²) in [4.78, 5) is 23.4. The Bertz CT molecular complexity index is 527. The van der Waals surface area contributed by atoms with Crippen LogP contribution in [0.5, 0.6) is 0 Å². The lowest BCUT2D eigenvalue weighted by Gasteiger charge is -2.13. The normalized spacial score (nSPS) is 10.1. The van der Waals surface area contributed by atoms with Crippen LogP contribution < -0.4 is 0 Å². The van der Waals surface area contributed by atoms with Gasteiger partial charge in [0, 0.05) is 19.7 Å². The van der Waals surface area contributed by atoms with Crippen LogP contribution in [0.3, 0.4) is 0 Å². The van der Waals surface area contributed by atoms with Crippen LogP contribution in [0.1, 0.15) is 17.5 Å². The molecule has 0 aliphatic rings. The van der Waals surface area contributed by atoms with Crippen molar-refractivity contribution in [3.05, 3.63) is 41.5 Å². The Morgan fingerprint density at radius 2 is 2.00 bits per heavy atom. The Labute approximate surface area is 111 Å². The average molecular weight is 258 g/mol. The van der Waals surface area contributed by atoms with Crippen LogP contribution in [0, 0.1) is 11.3 Å². The number of likely N-dealkylation sites (N-methyl/N-ethyl adjacent to an activating group) is 1. The first-order valence-corrected chi connectivity index (χ1v) is 5.68. The standard InChI is InChI=1S/C14H14N2O3/c1-16(9-8-14(18)19)13(17)7-6-11-2-4-12(10-15)5-3-11/h2-7H,8-9H2,1H3,(H,18,19). The number of carboxylic acid groups (broad SMARTS) is 1. The van der Waals surface area contributed by atoms with Crippen molar-refractivity contribution >= 4 is 18.0 Å². The van der Waals surface area contributed by atoms with Crippen LogP contribution in [0.15, 0.2) is 30.3 Å². The second kappa shape index (κ2) is 6.97. The molecule has 0 bridgehead atoms. The Morgan fingerprint density at radius 3 is 2.53 bits per heavy atom. The van der Waals surface area contributed by atoms with Crippen LogP contribution >= 0.6 is 0 Å². The molecule has 0 spiro atoms. The highest BCUT2D eigenvalue weighted by Crippen LogP contribution is 2.05. The lowest BCUT2D eigenvalue weighted by atomic mass is 10.1. The molecule has 0 saturated heterocycles. The quantitative estimate of drug-likeness (QED) is 0.811. The monoisotopic (exact) mass is 258 g/mol. The maximum absolute atomic E-state index is 11.6. The lowest BCUT2D eigenvalue weighted by Crippen LogP contribution is -2.27. The molecule has 98 valence electrons. The Kier molecular flexibility index (Phi) is 5.30. The van der Waals surface area contributed by atoms with Crippen molar-refractivity contribution in [2.45, 2.75) is 6.42 Å². The Morgan fingerprint density at radius 1 is 1.37 bits per heavy atom. The van der Waals surface area contributed by atoms with E-state index < -0.39 is 5.97 Å². The summed E-state index contributed by atoms with van der Waals surface area (Å²) in [5.41, 5.74) is 1.36. The smallest absolute Gasteiger partial charge is 0.305 e. The predicted octanol–water partition coefficient (Wildman–Crippen LogP) is 1.50. The SMILES string of the molecule is CN(CCC(=O)O)C(=O)C=Cc1ccc(C#N)cc1. The van der Waals surface area contributed by atoms with Gasteiger partial charge in [0.15, 0.2) is 0 Å². The molecule has 0 aliphatic carbocycles. The second-order valence-corrected chi connectivity index (χ2v) is 3.97. The minimum absolute atomic E-state index is 0.0764. The number of carboxylic acids is 1. The van der Waals surface area contributed by atoms with Gasteiger partial charge in [-0.2, -0.15) is 5.26 Å². The molecule has 1 N–H and O–H groups in total. The fourth-order valence-electron chi connectivity index (χ4n) is 1.34. The maximum atomic E-state index is 11.6. The number of carbonyl (C=O) groups excluding carboxylic acids is 1. The summed E-state index contributed by atoms with van der Waals surface area (Å²) in [5, 5.41) is 17.2. The van der Waals surface area contributed by atoms with E-state index in [1.165, 1.54) is 11.0 Å². The third kappa shape index (κ3) is 5.04. The van der Waals surface area contributed by atoms with Crippen LogP contribution in [0.2, 0.25) is 0 Å². The van der Waals surface area contributed by atoms with Crippen molar-refractivity contribution in [2.24, 2.45) is 0 Å². The Hall–Kier alpha value is -2.61. The number of nitrogens with zero attached hydrogens (tertiary/aromatic N) is 2. The van der Waals surface area contributed by atoms with Gasteiger partial charge in [0.2, 0.25) is 5.91 Å². The number of rotatable bonds is 5. The zero-order valence-corrected chi connectivity index (χ0v) is 10.5. The molecule has 1 amide bonds. The topological polar surface area (TPSA) is 81.4 Å². The zero-order chi connectivity index (χ0) is 14.3. The molecule has 5 heteroatoms. The molecule has 0 atom stereocenters. The van der Waals surface area contributed by atoms with E-state index in [1.807, 2.05) is 6.07 Å². The summed E-state index contributed by atoms with van der Waals surface area (Å²) >= 11 is 0. The van der Waals surface area contributed by atoms with Crippen molar-refractivity contribution < 1.29 is 14.7 Å². The molecule has 1 rings (SSSR count). The number of hydrogen-bond donors (Lipinski definition) is 1. The number of carbonyl (C=O) groups is 2. The van der Waals surface area contributed by atoms with Gasteiger partial charge in [-0.25, -0.2) is 0 Å². The molecule has 0 unspecified atom stereocenters. The molecular weight excluding hydrogens is 244 g/mol. The number of benzene rings is 1. The first kappa shape index (κ1) is 14.5. The highest BCUT2D eigenvalue weighted by Gasteiger charge is 2.06. The summed E-state index contributed by atoms with van der Waals surface area (Å²) in [7, 11) is 1.55. The van der Waals surface area contributed by atoms with Crippen molar-refractivity contribution in [1.29, 1.82) is 5.26 Å². The first-order valence-electron chi connectivity index (χ1n) is 5.68. The predicted molar refractivity (Wildman–Crippen MR) is 70.1 cm³/mol. The van der Waals surface area contributed by atoms with E-state index in [0.717, 1.165) is 5.56 Å². The molecule has 0 fully saturated rings. The molecule has 0 aliphatic heterocycles. The first-order chi connectivity index (χ1) is 9.02. The molecule has 0 aromatic heterocycles. The maximum Gasteiger partial charge on any atom is 0.305 e.